The number of hydrogen-bond donors (Lipinski definition) is 0. The van der Waals surface area contributed by atoms with Gasteiger partial charge in [0, 0.05) is 0 Å². The molecule has 0 aliphatic heterocycles. The summed E-state index contributed by atoms with van der Waals surface area (Å²) < 4.78 is 8.55. The van der Waals surface area contributed by atoms with Gasteiger partial charge in [0.25, 0.3) is 0 Å². The van der Waals surface area contributed by atoms with Gasteiger partial charge >= 0.3 is 94.3 Å². The van der Waals surface area contributed by atoms with Crippen molar-refractivity contribution in [3.05, 3.63) is 0 Å². The Morgan fingerprint density at radius 3 is 0.818 bits per heavy atom. The maximum atomic E-state index is 8.55. The minimum Gasteiger partial charge on any atom is -1.00 e. The maximum Gasteiger partial charge on any atom is 2.00 e. The number of phosphoric acid groups is 1. The molecule has 0 atom stereocenters. The van der Waals surface area contributed by atoms with Gasteiger partial charge in [-0.1, -0.05) is 0 Å². The van der Waals surface area contributed by atoms with Crippen LogP contribution in [0.3, 0.4) is 0 Å². The first kappa shape index (κ1) is 46.4. The van der Waals surface area contributed by atoms with Crippen LogP contribution in [0.5, 0.6) is 0 Å². The van der Waals surface area contributed by atoms with Gasteiger partial charge in [-0.25, -0.2) is 0 Å². The summed E-state index contributed by atoms with van der Waals surface area (Å²) in [5.74, 6) is 0. The molecule has 0 saturated carbocycles. The molecule has 0 radical (unpaired) electrons. The average molecular weight is 227 g/mol. The number of hydrogen-bond acceptors (Lipinski definition) is 4. The van der Waals surface area contributed by atoms with Gasteiger partial charge in [-0.3, -0.25) is 0 Å². The molecule has 0 aliphatic rings. The Labute approximate surface area is 144 Å². The Morgan fingerprint density at radius 1 is 0.818 bits per heavy atom. The zero-order valence-corrected chi connectivity index (χ0v) is 11.2. The Morgan fingerprint density at radius 2 is 0.818 bits per heavy atom. The molecule has 0 amide bonds. The standard InChI is InChI=1S/Ca.2ClH.3Li.H3O4P/c;;;;;;1-5(2,3)4/h;2*1H;;;;(H3,1,2,3,4)/q+2;;;3*+1;/p-5. The maximum absolute atomic E-state index is 8.55. The third-order valence-electron chi connectivity index (χ3n) is 0. The monoisotopic (exact) mass is 226 g/mol. The largest absolute Gasteiger partial charge is 2.00 e. The van der Waals surface area contributed by atoms with E-state index >= 15 is 0 Å². The fraction of sp³-hybridized carbons (Fsp3) is 0. The molecule has 0 aromatic carbocycles. The summed E-state index contributed by atoms with van der Waals surface area (Å²) in [6, 6.07) is 0. The minimum atomic E-state index is -5.39. The van der Waals surface area contributed by atoms with Gasteiger partial charge in [0.1, 0.15) is 0 Å². The molecule has 0 fully saturated rings. The Bertz CT molecular complexity index is 69.5. The van der Waals surface area contributed by atoms with E-state index in [1.54, 1.807) is 0 Å². The van der Waals surface area contributed by atoms with Gasteiger partial charge in [0.05, 0.1) is 0 Å². The molecule has 0 bridgehead atoms. The molecule has 0 saturated heterocycles. The predicted octanol–water partition coefficient (Wildman–Crippen LogP) is -18.2. The Kier molecular flexibility index (Phi) is 99.3. The third-order valence-corrected chi connectivity index (χ3v) is 0. The zero-order chi connectivity index (χ0) is 4.50. The van der Waals surface area contributed by atoms with Crippen molar-refractivity contribution >= 4 is 45.6 Å². The topological polar surface area (TPSA) is 86.2 Å². The average Bonchev–Trinajstić information content (AvgIpc) is 0.722. The van der Waals surface area contributed by atoms with Crippen LogP contribution in [0.25, 0.3) is 0 Å². The fourth-order valence-electron chi connectivity index (χ4n) is 0. The van der Waals surface area contributed by atoms with Crippen LogP contribution < -0.4 is 96.1 Å². The molecule has 4 nitrogen and oxygen atoms in total. The van der Waals surface area contributed by atoms with Crippen molar-refractivity contribution < 1.29 is 101 Å². The van der Waals surface area contributed by atoms with Gasteiger partial charge in [-0.05, 0) is 0 Å². The normalized spacial score (nSPS) is 5.36. The first-order chi connectivity index (χ1) is 2.00. The first-order valence-electron chi connectivity index (χ1n) is 0.730. The summed E-state index contributed by atoms with van der Waals surface area (Å²) in [6.07, 6.45) is 0. The van der Waals surface area contributed by atoms with Gasteiger partial charge < -0.3 is 44.1 Å². The molecule has 0 heterocycles. The molecule has 11 heavy (non-hydrogen) atoms. The van der Waals surface area contributed by atoms with Crippen LogP contribution in [0, 0.1) is 0 Å². The van der Waals surface area contributed by atoms with E-state index in [1.807, 2.05) is 0 Å². The van der Waals surface area contributed by atoms with Crippen molar-refractivity contribution in [2.45, 2.75) is 0 Å². The smallest absolute Gasteiger partial charge is 1.00 e. The van der Waals surface area contributed by atoms with Gasteiger partial charge in [0.2, 0.25) is 0 Å². The molecule has 0 aliphatic carbocycles. The van der Waals surface area contributed by atoms with E-state index in [0.717, 1.165) is 0 Å². The van der Waals surface area contributed by atoms with E-state index in [9.17, 15) is 0 Å². The minimum absolute atomic E-state index is 0. The number of halogens is 2. The van der Waals surface area contributed by atoms with E-state index in [0.29, 0.717) is 0 Å². The molecule has 0 N–H and O–H groups in total. The van der Waals surface area contributed by atoms with E-state index in [-0.39, 0.29) is 119 Å². The van der Waals surface area contributed by atoms with Crippen molar-refractivity contribution in [2.75, 3.05) is 0 Å². The Balaban J connectivity index is -0.00000000533. The summed E-state index contributed by atoms with van der Waals surface area (Å²) in [6.45, 7) is 0. The molecular weight excluding hydrogens is 227 g/mol. The molecule has 48 valence electrons. The summed E-state index contributed by atoms with van der Waals surface area (Å²) in [4.78, 5) is 25.6. The molecule has 0 spiro atoms. The van der Waals surface area contributed by atoms with Crippen LogP contribution in [0.15, 0.2) is 0 Å². The van der Waals surface area contributed by atoms with E-state index < -0.39 is 7.82 Å². The van der Waals surface area contributed by atoms with Crippen LogP contribution in [0.2, 0.25) is 0 Å². The van der Waals surface area contributed by atoms with Crippen molar-refractivity contribution in [3.63, 3.8) is 0 Å². The second-order valence-corrected chi connectivity index (χ2v) is 1.34. The molecule has 0 unspecified atom stereocenters. The van der Waals surface area contributed by atoms with E-state index in [4.69, 9.17) is 19.2 Å². The fourth-order valence-corrected chi connectivity index (χ4v) is 0. The van der Waals surface area contributed by atoms with Crippen molar-refractivity contribution in [3.8, 4) is 0 Å². The predicted molar refractivity (Wildman–Crippen MR) is 13.4 cm³/mol. The van der Waals surface area contributed by atoms with Gasteiger partial charge in [-0.2, -0.15) is 7.82 Å². The molecule has 0 aromatic rings. The van der Waals surface area contributed by atoms with Crippen LogP contribution in [-0.4, -0.2) is 37.7 Å². The van der Waals surface area contributed by atoms with Crippen LogP contribution >= 0.6 is 7.82 Å². The second-order valence-electron chi connectivity index (χ2n) is 0.447. The second kappa shape index (κ2) is 23.5. The molecule has 11 heteroatoms. The first-order valence-corrected chi connectivity index (χ1v) is 2.19. The van der Waals surface area contributed by atoms with Gasteiger partial charge in [0.15, 0.2) is 0 Å². The quantitative estimate of drug-likeness (QED) is 0.303. The SMILES string of the molecule is O=P([O-])([O-])[O-].[Ca+2].[Cl-].[Cl-].[Li+].[Li+].[Li+]. The zero-order valence-electron chi connectivity index (χ0n) is 6.54. The molecule has 0 aromatic heterocycles. The van der Waals surface area contributed by atoms with E-state index in [2.05, 4.69) is 0 Å². The van der Waals surface area contributed by atoms with Crippen LogP contribution in [-0.2, 0) is 4.57 Å². The summed E-state index contributed by atoms with van der Waals surface area (Å²) >= 11 is 0. The van der Waals surface area contributed by atoms with Crippen molar-refractivity contribution in [1.29, 1.82) is 0 Å². The third kappa shape index (κ3) is 135. The summed E-state index contributed by atoms with van der Waals surface area (Å²) in [5, 5.41) is 0. The van der Waals surface area contributed by atoms with Gasteiger partial charge in [-0.15, -0.1) is 0 Å². The van der Waals surface area contributed by atoms with Crippen LogP contribution in [0.1, 0.15) is 0 Å². The molecular formula is CaCl2Li3O4P. The van der Waals surface area contributed by atoms with Crippen LogP contribution in [0.4, 0.5) is 0 Å². The van der Waals surface area contributed by atoms with E-state index in [1.165, 1.54) is 0 Å². The van der Waals surface area contributed by atoms with Crippen molar-refractivity contribution in [2.24, 2.45) is 0 Å². The Hall–Kier alpha value is 3.74. The molecule has 0 rings (SSSR count). The summed E-state index contributed by atoms with van der Waals surface area (Å²) in [7, 11) is -5.39. The van der Waals surface area contributed by atoms with Crippen molar-refractivity contribution in [1.82, 2.24) is 0 Å². The number of rotatable bonds is 0. The summed E-state index contributed by atoms with van der Waals surface area (Å²) in [5.41, 5.74) is 0.